The van der Waals surface area contributed by atoms with Crippen LogP contribution in [0.3, 0.4) is 0 Å². The van der Waals surface area contributed by atoms with E-state index in [0.717, 1.165) is 24.8 Å². The highest BCUT2D eigenvalue weighted by Crippen LogP contribution is 2.28. The van der Waals surface area contributed by atoms with Crippen LogP contribution in [0.25, 0.3) is 0 Å². The molecule has 1 fully saturated rings. The Morgan fingerprint density at radius 1 is 1.31 bits per heavy atom. The zero-order valence-corrected chi connectivity index (χ0v) is 9.48. The van der Waals surface area contributed by atoms with Crippen LogP contribution >= 0.6 is 0 Å². The third-order valence-corrected chi connectivity index (χ3v) is 2.90. The van der Waals surface area contributed by atoms with Crippen molar-refractivity contribution >= 4 is 6.09 Å². The molecule has 16 heavy (non-hydrogen) atoms. The molecule has 1 aliphatic heterocycles. The van der Waals surface area contributed by atoms with Crippen LogP contribution in [-0.2, 0) is 4.74 Å². The molecular formula is C13H17NO2. The monoisotopic (exact) mass is 219 g/mol. The van der Waals surface area contributed by atoms with Crippen LogP contribution < -0.4 is 5.32 Å². The van der Waals surface area contributed by atoms with Crippen molar-refractivity contribution in [1.29, 1.82) is 0 Å². The summed E-state index contributed by atoms with van der Waals surface area (Å²) in [6.07, 6.45) is 2.79. The first-order valence-electron chi connectivity index (χ1n) is 5.83. The highest BCUT2D eigenvalue weighted by Gasteiger charge is 2.34. The number of hydrogen-bond donors (Lipinski definition) is 1. The normalized spacial score (nSPS) is 23.9. The molecule has 3 nitrogen and oxygen atoms in total. The second kappa shape index (κ2) is 5.01. The first-order valence-corrected chi connectivity index (χ1v) is 5.83. The minimum Gasteiger partial charge on any atom is -0.439 e. The predicted molar refractivity (Wildman–Crippen MR) is 62.1 cm³/mol. The summed E-state index contributed by atoms with van der Waals surface area (Å²) >= 11 is 0. The molecule has 2 rings (SSSR count). The fraction of sp³-hybridized carbons (Fsp3) is 0.462. The van der Waals surface area contributed by atoms with E-state index in [1.807, 2.05) is 30.3 Å². The van der Waals surface area contributed by atoms with Gasteiger partial charge in [-0.2, -0.15) is 0 Å². The molecule has 1 aromatic rings. The number of nitrogens with one attached hydrogen (secondary N) is 1. The summed E-state index contributed by atoms with van der Waals surface area (Å²) in [6, 6.07) is 10.0. The minimum absolute atomic E-state index is 0.120. The maximum absolute atomic E-state index is 11.3. The van der Waals surface area contributed by atoms with E-state index >= 15 is 0 Å². The summed E-state index contributed by atoms with van der Waals surface area (Å²) in [6.45, 7) is 2.15. The minimum atomic E-state index is -0.296. The highest BCUT2D eigenvalue weighted by molar-refractivity contribution is 5.70. The van der Waals surface area contributed by atoms with Crippen molar-refractivity contribution in [2.24, 2.45) is 0 Å². The molecule has 2 atom stereocenters. The van der Waals surface area contributed by atoms with Crippen molar-refractivity contribution in [2.75, 3.05) is 0 Å². The molecule has 3 heteroatoms. The van der Waals surface area contributed by atoms with Crippen LogP contribution in [0.15, 0.2) is 30.3 Å². The van der Waals surface area contributed by atoms with Gasteiger partial charge in [0.1, 0.15) is 6.10 Å². The number of cyclic esters (lactones) is 1. The smallest absolute Gasteiger partial charge is 0.408 e. The second-order valence-electron chi connectivity index (χ2n) is 4.13. The lowest BCUT2D eigenvalue weighted by Gasteiger charge is -2.16. The van der Waals surface area contributed by atoms with Gasteiger partial charge in [-0.3, -0.25) is 0 Å². The SMILES string of the molecule is CCCC[C@H]1NC(=O)O[C@H]1c1ccccc1. The Kier molecular flexibility index (Phi) is 3.44. The van der Waals surface area contributed by atoms with E-state index in [1.54, 1.807) is 0 Å². The summed E-state index contributed by atoms with van der Waals surface area (Å²) < 4.78 is 5.31. The quantitative estimate of drug-likeness (QED) is 0.845. The van der Waals surface area contributed by atoms with Crippen molar-refractivity contribution in [1.82, 2.24) is 5.32 Å². The van der Waals surface area contributed by atoms with E-state index in [4.69, 9.17) is 4.74 Å². The zero-order valence-electron chi connectivity index (χ0n) is 9.48. The molecule has 86 valence electrons. The molecule has 0 aliphatic carbocycles. The number of benzene rings is 1. The lowest BCUT2D eigenvalue weighted by molar-refractivity contribution is 0.130. The maximum Gasteiger partial charge on any atom is 0.408 e. The Morgan fingerprint density at radius 3 is 2.75 bits per heavy atom. The molecular weight excluding hydrogens is 202 g/mol. The lowest BCUT2D eigenvalue weighted by Crippen LogP contribution is -2.27. The molecule has 0 bridgehead atoms. The predicted octanol–water partition coefficient (Wildman–Crippen LogP) is 3.03. The number of unbranched alkanes of at least 4 members (excludes halogenated alkanes) is 1. The van der Waals surface area contributed by atoms with Gasteiger partial charge in [0, 0.05) is 0 Å². The van der Waals surface area contributed by atoms with Gasteiger partial charge in [0.25, 0.3) is 0 Å². The van der Waals surface area contributed by atoms with Crippen molar-refractivity contribution < 1.29 is 9.53 Å². The molecule has 1 aromatic carbocycles. The van der Waals surface area contributed by atoms with Gasteiger partial charge in [-0.05, 0) is 12.0 Å². The number of ether oxygens (including phenoxy) is 1. The Bertz CT molecular complexity index is 350. The molecule has 1 amide bonds. The summed E-state index contributed by atoms with van der Waals surface area (Å²) in [4.78, 5) is 11.3. The largest absolute Gasteiger partial charge is 0.439 e. The topological polar surface area (TPSA) is 38.3 Å². The van der Waals surface area contributed by atoms with Crippen LogP contribution in [0.4, 0.5) is 4.79 Å². The summed E-state index contributed by atoms with van der Waals surface area (Å²) in [5.41, 5.74) is 1.07. The highest BCUT2D eigenvalue weighted by atomic mass is 16.6. The zero-order chi connectivity index (χ0) is 11.4. The molecule has 0 saturated carbocycles. The Balaban J connectivity index is 2.09. The summed E-state index contributed by atoms with van der Waals surface area (Å²) in [5, 5.41) is 2.88. The number of hydrogen-bond acceptors (Lipinski definition) is 2. The molecule has 1 heterocycles. The average molecular weight is 219 g/mol. The van der Waals surface area contributed by atoms with Gasteiger partial charge < -0.3 is 10.1 Å². The van der Waals surface area contributed by atoms with Gasteiger partial charge in [0.15, 0.2) is 0 Å². The Labute approximate surface area is 95.8 Å². The summed E-state index contributed by atoms with van der Waals surface area (Å²) in [5.74, 6) is 0. The third-order valence-electron chi connectivity index (χ3n) is 2.90. The Hall–Kier alpha value is -1.51. The van der Waals surface area contributed by atoms with Gasteiger partial charge in [-0.1, -0.05) is 50.1 Å². The lowest BCUT2D eigenvalue weighted by atomic mass is 9.99. The number of rotatable bonds is 4. The van der Waals surface area contributed by atoms with E-state index in [9.17, 15) is 4.79 Å². The van der Waals surface area contributed by atoms with Crippen LogP contribution in [0.5, 0.6) is 0 Å². The molecule has 0 unspecified atom stereocenters. The summed E-state index contributed by atoms with van der Waals surface area (Å²) in [7, 11) is 0. The fourth-order valence-corrected chi connectivity index (χ4v) is 2.05. The van der Waals surface area contributed by atoms with Gasteiger partial charge in [0.2, 0.25) is 0 Å². The van der Waals surface area contributed by atoms with Gasteiger partial charge in [0.05, 0.1) is 6.04 Å². The fourth-order valence-electron chi connectivity index (χ4n) is 2.05. The molecule has 0 aromatic heterocycles. The van der Waals surface area contributed by atoms with Gasteiger partial charge in [-0.25, -0.2) is 4.79 Å². The molecule has 0 radical (unpaired) electrons. The van der Waals surface area contributed by atoms with Crippen molar-refractivity contribution in [2.45, 2.75) is 38.3 Å². The second-order valence-corrected chi connectivity index (χ2v) is 4.13. The van der Waals surface area contributed by atoms with Crippen molar-refractivity contribution in [3.8, 4) is 0 Å². The van der Waals surface area contributed by atoms with Crippen molar-refractivity contribution in [3.63, 3.8) is 0 Å². The number of carbonyl (C=O) groups excluding carboxylic acids is 1. The van der Waals surface area contributed by atoms with Crippen molar-refractivity contribution in [3.05, 3.63) is 35.9 Å². The standard InChI is InChI=1S/C13H17NO2/c1-2-3-9-11-12(16-13(15)14-11)10-7-5-4-6-8-10/h4-8,11-12H,2-3,9H2,1H3,(H,14,15)/t11-,12+/m1/s1. The number of alkyl carbamates (subject to hydrolysis) is 1. The third kappa shape index (κ3) is 2.35. The van der Waals surface area contributed by atoms with Crippen LogP contribution in [-0.4, -0.2) is 12.1 Å². The first-order chi connectivity index (χ1) is 7.81. The number of amides is 1. The molecule has 0 spiro atoms. The first kappa shape index (κ1) is 11.0. The Morgan fingerprint density at radius 2 is 2.06 bits per heavy atom. The van der Waals surface area contributed by atoms with Crippen LogP contribution in [0.2, 0.25) is 0 Å². The van der Waals surface area contributed by atoms with E-state index in [2.05, 4.69) is 12.2 Å². The molecule has 1 saturated heterocycles. The number of carbonyl (C=O) groups is 1. The van der Waals surface area contributed by atoms with E-state index in [1.165, 1.54) is 0 Å². The van der Waals surface area contributed by atoms with Crippen LogP contribution in [0, 0.1) is 0 Å². The molecule has 1 N–H and O–H groups in total. The average Bonchev–Trinajstić information content (AvgIpc) is 2.69. The maximum atomic E-state index is 11.3. The van der Waals surface area contributed by atoms with Gasteiger partial charge in [-0.15, -0.1) is 0 Å². The van der Waals surface area contributed by atoms with E-state index in [-0.39, 0.29) is 18.2 Å². The van der Waals surface area contributed by atoms with E-state index in [0.29, 0.717) is 0 Å². The molecule has 1 aliphatic rings. The van der Waals surface area contributed by atoms with E-state index < -0.39 is 0 Å². The van der Waals surface area contributed by atoms with Gasteiger partial charge >= 0.3 is 6.09 Å². The van der Waals surface area contributed by atoms with Crippen LogP contribution in [0.1, 0.15) is 37.9 Å².